The van der Waals surface area contributed by atoms with Gasteiger partial charge in [0, 0.05) is 18.7 Å². The molecule has 1 N–H and O–H groups in total. The smallest absolute Gasteiger partial charge is 0.235 e. The Hall–Kier alpha value is -3.22. The lowest BCUT2D eigenvalue weighted by atomic mass is 10.2. The molecule has 0 atom stereocenters. The standard InChI is InChI=1S/C19H21N5O2/c1-15-10-17(26-22-15)12-23-8-5-9-24(14-23)18-11-19(21-20-18)25-13-16-6-3-2-4-7-16/h2-8,10-11H,9,12-14H2,1H3,(H,20,21). The lowest BCUT2D eigenvalue weighted by Gasteiger charge is -2.32. The Bertz CT molecular complexity index is 871. The molecule has 26 heavy (non-hydrogen) atoms. The average molecular weight is 351 g/mol. The number of rotatable bonds is 6. The molecule has 2 aromatic heterocycles. The van der Waals surface area contributed by atoms with Crippen molar-refractivity contribution >= 4 is 5.82 Å². The van der Waals surface area contributed by atoms with Gasteiger partial charge >= 0.3 is 0 Å². The zero-order valence-electron chi connectivity index (χ0n) is 14.6. The van der Waals surface area contributed by atoms with E-state index in [1.165, 1.54) is 0 Å². The van der Waals surface area contributed by atoms with Crippen molar-refractivity contribution in [3.05, 3.63) is 71.8 Å². The van der Waals surface area contributed by atoms with Crippen LogP contribution in [0.4, 0.5) is 5.82 Å². The third-order valence-electron chi connectivity index (χ3n) is 4.14. The lowest BCUT2D eigenvalue weighted by Crippen LogP contribution is -2.38. The van der Waals surface area contributed by atoms with E-state index in [9.17, 15) is 0 Å². The molecule has 1 aliphatic heterocycles. The Labute approximate surface area is 151 Å². The van der Waals surface area contributed by atoms with Crippen molar-refractivity contribution in [2.24, 2.45) is 0 Å². The molecule has 0 aliphatic carbocycles. The van der Waals surface area contributed by atoms with Crippen molar-refractivity contribution in [2.75, 3.05) is 18.1 Å². The molecule has 0 unspecified atom stereocenters. The lowest BCUT2D eigenvalue weighted by molar-refractivity contribution is 0.289. The van der Waals surface area contributed by atoms with Gasteiger partial charge in [0.1, 0.15) is 12.4 Å². The highest BCUT2D eigenvalue weighted by molar-refractivity contribution is 5.42. The van der Waals surface area contributed by atoms with Crippen molar-refractivity contribution in [1.82, 2.24) is 20.3 Å². The van der Waals surface area contributed by atoms with Crippen LogP contribution in [0.15, 0.2) is 59.3 Å². The maximum absolute atomic E-state index is 5.76. The summed E-state index contributed by atoms with van der Waals surface area (Å²) in [5, 5.41) is 11.2. The maximum atomic E-state index is 5.76. The topological polar surface area (TPSA) is 70.4 Å². The molecule has 0 spiro atoms. The van der Waals surface area contributed by atoms with Gasteiger partial charge in [-0.2, -0.15) is 0 Å². The first-order chi connectivity index (χ1) is 12.8. The fourth-order valence-electron chi connectivity index (χ4n) is 2.88. The third kappa shape index (κ3) is 3.88. The molecule has 7 nitrogen and oxygen atoms in total. The Morgan fingerprint density at radius 3 is 2.92 bits per heavy atom. The minimum absolute atomic E-state index is 0.502. The fraction of sp³-hybridized carbons (Fsp3) is 0.263. The first-order valence-corrected chi connectivity index (χ1v) is 8.56. The molecule has 7 heteroatoms. The number of nitrogens with zero attached hydrogens (tertiary/aromatic N) is 4. The predicted octanol–water partition coefficient (Wildman–Crippen LogP) is 3.08. The SMILES string of the molecule is Cc1cc(CN2C=CCN(c3cc(OCc4ccccc4)n[nH]3)C2)on1. The second-order valence-electron chi connectivity index (χ2n) is 6.30. The van der Waals surface area contributed by atoms with Crippen molar-refractivity contribution in [3.8, 4) is 5.88 Å². The third-order valence-corrected chi connectivity index (χ3v) is 4.14. The molecule has 4 rings (SSSR count). The van der Waals surface area contributed by atoms with Gasteiger partial charge in [0.2, 0.25) is 5.88 Å². The van der Waals surface area contributed by atoms with Crippen LogP contribution in [0.25, 0.3) is 0 Å². The van der Waals surface area contributed by atoms with Crippen LogP contribution in [0.2, 0.25) is 0 Å². The van der Waals surface area contributed by atoms with Gasteiger partial charge in [-0.1, -0.05) is 35.5 Å². The number of anilines is 1. The van der Waals surface area contributed by atoms with Gasteiger partial charge in [-0.3, -0.25) is 5.10 Å². The van der Waals surface area contributed by atoms with E-state index >= 15 is 0 Å². The van der Waals surface area contributed by atoms with E-state index in [1.54, 1.807) is 0 Å². The van der Waals surface area contributed by atoms with E-state index in [0.29, 0.717) is 19.0 Å². The molecule has 1 aromatic carbocycles. The van der Waals surface area contributed by atoms with E-state index in [2.05, 4.69) is 37.4 Å². The summed E-state index contributed by atoms with van der Waals surface area (Å²) >= 11 is 0. The first-order valence-electron chi connectivity index (χ1n) is 8.56. The first kappa shape index (κ1) is 16.3. The van der Waals surface area contributed by atoms with Gasteiger partial charge < -0.3 is 19.1 Å². The number of benzene rings is 1. The van der Waals surface area contributed by atoms with Crippen LogP contribution < -0.4 is 9.64 Å². The monoisotopic (exact) mass is 351 g/mol. The number of aryl methyl sites for hydroxylation is 1. The molecule has 134 valence electrons. The number of aromatic amines is 1. The normalized spacial score (nSPS) is 14.0. The molecule has 0 fully saturated rings. The minimum Gasteiger partial charge on any atom is -0.472 e. The molecule has 0 bridgehead atoms. The van der Waals surface area contributed by atoms with Crippen LogP contribution in [-0.4, -0.2) is 33.5 Å². The summed E-state index contributed by atoms with van der Waals surface area (Å²) in [5.41, 5.74) is 2.01. The summed E-state index contributed by atoms with van der Waals surface area (Å²) in [5.74, 6) is 2.37. The van der Waals surface area contributed by atoms with Crippen molar-refractivity contribution in [1.29, 1.82) is 0 Å². The highest BCUT2D eigenvalue weighted by Crippen LogP contribution is 2.21. The van der Waals surface area contributed by atoms with Crippen LogP contribution >= 0.6 is 0 Å². The zero-order chi connectivity index (χ0) is 17.8. The number of hydrogen-bond acceptors (Lipinski definition) is 6. The quantitative estimate of drug-likeness (QED) is 0.736. The molecule has 3 aromatic rings. The molecular formula is C19H21N5O2. The highest BCUT2D eigenvalue weighted by Gasteiger charge is 2.17. The molecule has 0 saturated carbocycles. The number of aromatic nitrogens is 3. The van der Waals surface area contributed by atoms with Gasteiger partial charge in [-0.05, 0) is 24.8 Å². The number of nitrogens with one attached hydrogen (secondary N) is 1. The Morgan fingerprint density at radius 1 is 1.23 bits per heavy atom. The molecule has 3 heterocycles. The summed E-state index contributed by atoms with van der Waals surface area (Å²) in [7, 11) is 0. The number of H-pyrrole nitrogens is 1. The average Bonchev–Trinajstić information content (AvgIpc) is 3.30. The summed E-state index contributed by atoms with van der Waals surface area (Å²) < 4.78 is 11.1. The molecule has 0 radical (unpaired) electrons. The molecule has 0 saturated heterocycles. The summed E-state index contributed by atoms with van der Waals surface area (Å²) in [6, 6.07) is 13.9. The van der Waals surface area contributed by atoms with E-state index in [1.807, 2.05) is 49.4 Å². The summed E-state index contributed by atoms with van der Waals surface area (Å²) in [6.07, 6.45) is 4.19. The van der Waals surface area contributed by atoms with Gasteiger partial charge in [0.15, 0.2) is 5.76 Å². The molecular weight excluding hydrogens is 330 g/mol. The van der Waals surface area contributed by atoms with Crippen molar-refractivity contribution in [3.63, 3.8) is 0 Å². The maximum Gasteiger partial charge on any atom is 0.235 e. The Kier molecular flexibility index (Phi) is 4.59. The van der Waals surface area contributed by atoms with Gasteiger partial charge in [0.05, 0.1) is 18.9 Å². The van der Waals surface area contributed by atoms with Crippen molar-refractivity contribution in [2.45, 2.75) is 20.1 Å². The zero-order valence-corrected chi connectivity index (χ0v) is 14.6. The van der Waals surface area contributed by atoms with E-state index < -0.39 is 0 Å². The van der Waals surface area contributed by atoms with Crippen LogP contribution in [-0.2, 0) is 13.2 Å². The number of hydrogen-bond donors (Lipinski definition) is 1. The van der Waals surface area contributed by atoms with E-state index in [4.69, 9.17) is 9.26 Å². The van der Waals surface area contributed by atoms with Gasteiger partial charge in [0.25, 0.3) is 0 Å². The van der Waals surface area contributed by atoms with Crippen molar-refractivity contribution < 1.29 is 9.26 Å². The molecule has 0 amide bonds. The van der Waals surface area contributed by atoms with Crippen LogP contribution in [0.1, 0.15) is 17.0 Å². The van der Waals surface area contributed by atoms with Crippen LogP contribution in [0.3, 0.4) is 0 Å². The van der Waals surface area contributed by atoms with Gasteiger partial charge in [-0.25, -0.2) is 0 Å². The van der Waals surface area contributed by atoms with E-state index in [0.717, 1.165) is 36.0 Å². The Balaban J connectivity index is 1.35. The Morgan fingerprint density at radius 2 is 2.12 bits per heavy atom. The largest absolute Gasteiger partial charge is 0.472 e. The van der Waals surface area contributed by atoms with Crippen LogP contribution in [0, 0.1) is 6.92 Å². The summed E-state index contributed by atoms with van der Waals surface area (Å²) in [4.78, 5) is 4.35. The summed E-state index contributed by atoms with van der Waals surface area (Å²) in [6.45, 7) is 4.65. The minimum atomic E-state index is 0.502. The molecule has 1 aliphatic rings. The fourth-order valence-corrected chi connectivity index (χ4v) is 2.88. The van der Waals surface area contributed by atoms with E-state index in [-0.39, 0.29) is 0 Å². The van der Waals surface area contributed by atoms with Crippen LogP contribution in [0.5, 0.6) is 5.88 Å². The second-order valence-corrected chi connectivity index (χ2v) is 6.30. The highest BCUT2D eigenvalue weighted by atomic mass is 16.5. The number of ether oxygens (including phenoxy) is 1. The van der Waals surface area contributed by atoms with Gasteiger partial charge in [-0.15, -0.1) is 5.10 Å². The second kappa shape index (κ2) is 7.35. The predicted molar refractivity (Wildman–Crippen MR) is 97.5 cm³/mol.